The number of hydrogen-bond donors (Lipinski definition) is 1. The summed E-state index contributed by atoms with van der Waals surface area (Å²) < 4.78 is 28.1. The summed E-state index contributed by atoms with van der Waals surface area (Å²) in [6.07, 6.45) is 0.974. The molecule has 1 heterocycles. The summed E-state index contributed by atoms with van der Waals surface area (Å²) in [7, 11) is 0. The molecule has 1 atom stereocenters. The van der Waals surface area contributed by atoms with Crippen molar-refractivity contribution in [2.24, 2.45) is 5.92 Å². The van der Waals surface area contributed by atoms with E-state index in [1.165, 1.54) is 12.1 Å². The fraction of sp³-hybridized carbons (Fsp3) is 0.538. The van der Waals surface area contributed by atoms with E-state index in [0.29, 0.717) is 23.5 Å². The van der Waals surface area contributed by atoms with Gasteiger partial charge in [-0.3, -0.25) is 0 Å². The van der Waals surface area contributed by atoms with Crippen LogP contribution in [0, 0.1) is 17.6 Å². The molecule has 1 aliphatic rings. The first-order valence-electron chi connectivity index (χ1n) is 6.22. The number of benzene rings is 1. The van der Waals surface area contributed by atoms with Gasteiger partial charge in [-0.05, 0) is 37.6 Å². The largest absolute Gasteiger partial charge is 0.366 e. The normalized spacial score (nSPS) is 19.6. The molecular weight excluding hydrogens is 302 g/mol. The Kier molecular flexibility index (Phi) is 4.56. The van der Waals surface area contributed by atoms with Crippen molar-refractivity contribution in [3.63, 3.8) is 0 Å². The van der Waals surface area contributed by atoms with Crippen molar-refractivity contribution in [3.05, 3.63) is 28.2 Å². The van der Waals surface area contributed by atoms with Gasteiger partial charge in [0.2, 0.25) is 0 Å². The molecule has 1 unspecified atom stereocenters. The van der Waals surface area contributed by atoms with Gasteiger partial charge in [-0.15, -0.1) is 0 Å². The molecule has 2 rings (SSSR count). The number of nitrogens with zero attached hydrogens (tertiary/aromatic N) is 1. The molecule has 5 heteroatoms. The minimum atomic E-state index is -0.494. The second-order valence-electron chi connectivity index (χ2n) is 4.63. The molecule has 1 fully saturated rings. The van der Waals surface area contributed by atoms with E-state index in [1.54, 1.807) is 4.90 Å². The van der Waals surface area contributed by atoms with E-state index < -0.39 is 11.6 Å². The zero-order chi connectivity index (χ0) is 13.1. The van der Waals surface area contributed by atoms with Gasteiger partial charge in [-0.2, -0.15) is 0 Å². The lowest BCUT2D eigenvalue weighted by atomic mass is 10.1. The highest BCUT2D eigenvalue weighted by atomic mass is 79.9. The van der Waals surface area contributed by atoms with Gasteiger partial charge >= 0.3 is 0 Å². The Bertz CT molecular complexity index is 402. The van der Waals surface area contributed by atoms with Crippen LogP contribution in [0.4, 0.5) is 14.5 Å². The second-order valence-corrected chi connectivity index (χ2v) is 5.54. The molecule has 0 aliphatic carbocycles. The van der Waals surface area contributed by atoms with Gasteiger partial charge in [0.1, 0.15) is 5.69 Å². The molecule has 1 aliphatic heterocycles. The lowest BCUT2D eigenvalue weighted by molar-refractivity contribution is 0.525. The maximum Gasteiger partial charge on any atom is 0.150 e. The standard InChI is InChI=1S/C13H17BrF2N2/c1-2-17-7-9-3-4-18(8-9)13-11(15)5-10(14)6-12(13)16/h5-6,9,17H,2-4,7-8H2,1H3. The summed E-state index contributed by atoms with van der Waals surface area (Å²) in [6, 6.07) is 2.63. The van der Waals surface area contributed by atoms with Gasteiger partial charge in [-0.1, -0.05) is 22.9 Å². The van der Waals surface area contributed by atoms with Crippen molar-refractivity contribution < 1.29 is 8.78 Å². The first kappa shape index (κ1) is 13.7. The zero-order valence-corrected chi connectivity index (χ0v) is 11.9. The SMILES string of the molecule is CCNCC1CCN(c2c(F)cc(Br)cc2F)C1. The van der Waals surface area contributed by atoms with Crippen LogP contribution in [-0.2, 0) is 0 Å². The van der Waals surface area contributed by atoms with Gasteiger partial charge in [0.15, 0.2) is 11.6 Å². The predicted molar refractivity (Wildman–Crippen MR) is 72.9 cm³/mol. The van der Waals surface area contributed by atoms with Crippen LogP contribution in [0.3, 0.4) is 0 Å². The summed E-state index contributed by atoms with van der Waals surface area (Å²) in [5, 5.41) is 3.28. The number of nitrogens with one attached hydrogen (secondary N) is 1. The molecule has 1 saturated heterocycles. The Labute approximate surface area is 114 Å². The van der Waals surface area contributed by atoms with Crippen LogP contribution >= 0.6 is 15.9 Å². The first-order chi connectivity index (χ1) is 8.61. The van der Waals surface area contributed by atoms with Gasteiger partial charge in [0, 0.05) is 17.6 Å². The number of anilines is 1. The third-order valence-electron chi connectivity index (χ3n) is 3.27. The average molecular weight is 319 g/mol. The Hall–Kier alpha value is -0.680. The third-order valence-corrected chi connectivity index (χ3v) is 3.72. The monoisotopic (exact) mass is 318 g/mol. The molecule has 1 aromatic carbocycles. The van der Waals surface area contributed by atoms with E-state index in [9.17, 15) is 8.78 Å². The minimum absolute atomic E-state index is 0.109. The highest BCUT2D eigenvalue weighted by Crippen LogP contribution is 2.31. The van der Waals surface area contributed by atoms with E-state index in [0.717, 1.165) is 19.5 Å². The summed E-state index contributed by atoms with van der Waals surface area (Å²) in [4.78, 5) is 1.80. The molecule has 0 radical (unpaired) electrons. The fourth-order valence-electron chi connectivity index (χ4n) is 2.39. The smallest absolute Gasteiger partial charge is 0.150 e. The lowest BCUT2D eigenvalue weighted by Crippen LogP contribution is -2.27. The molecule has 0 saturated carbocycles. The Morgan fingerprint density at radius 3 is 2.67 bits per heavy atom. The van der Waals surface area contributed by atoms with E-state index in [2.05, 4.69) is 28.2 Å². The maximum atomic E-state index is 13.8. The van der Waals surface area contributed by atoms with Crippen LogP contribution < -0.4 is 10.2 Å². The molecule has 2 nitrogen and oxygen atoms in total. The van der Waals surface area contributed by atoms with Crippen LogP contribution in [0.5, 0.6) is 0 Å². The Balaban J connectivity index is 2.09. The second kappa shape index (κ2) is 5.97. The van der Waals surface area contributed by atoms with Gasteiger partial charge < -0.3 is 10.2 Å². The summed E-state index contributed by atoms with van der Waals surface area (Å²) in [5.74, 6) is -0.524. The highest BCUT2D eigenvalue weighted by molar-refractivity contribution is 9.10. The molecule has 0 bridgehead atoms. The van der Waals surface area contributed by atoms with Crippen LogP contribution in [0.25, 0.3) is 0 Å². The van der Waals surface area contributed by atoms with Crippen LogP contribution in [0.1, 0.15) is 13.3 Å². The van der Waals surface area contributed by atoms with Gasteiger partial charge in [0.05, 0.1) is 0 Å². The first-order valence-corrected chi connectivity index (χ1v) is 7.01. The van der Waals surface area contributed by atoms with E-state index in [1.807, 2.05) is 0 Å². The van der Waals surface area contributed by atoms with Crippen molar-refractivity contribution in [2.75, 3.05) is 31.1 Å². The molecule has 0 amide bonds. The average Bonchev–Trinajstić information content (AvgIpc) is 2.73. The van der Waals surface area contributed by atoms with Crippen LogP contribution in [-0.4, -0.2) is 26.2 Å². The minimum Gasteiger partial charge on any atom is -0.366 e. The predicted octanol–water partition coefficient (Wildman–Crippen LogP) is 3.16. The Morgan fingerprint density at radius 2 is 2.06 bits per heavy atom. The van der Waals surface area contributed by atoms with Crippen molar-refractivity contribution in [2.45, 2.75) is 13.3 Å². The lowest BCUT2D eigenvalue weighted by Gasteiger charge is -2.20. The van der Waals surface area contributed by atoms with Gasteiger partial charge in [0.25, 0.3) is 0 Å². The molecule has 1 N–H and O–H groups in total. The molecule has 1 aromatic rings. The topological polar surface area (TPSA) is 15.3 Å². The summed E-state index contributed by atoms with van der Waals surface area (Å²) >= 11 is 3.09. The van der Waals surface area contributed by atoms with Crippen LogP contribution in [0.2, 0.25) is 0 Å². The third kappa shape index (κ3) is 3.01. The Morgan fingerprint density at radius 1 is 1.39 bits per heavy atom. The molecular formula is C13H17BrF2N2. The van der Waals surface area contributed by atoms with E-state index >= 15 is 0 Å². The fourth-order valence-corrected chi connectivity index (χ4v) is 2.79. The zero-order valence-electron chi connectivity index (χ0n) is 10.3. The van der Waals surface area contributed by atoms with Crippen molar-refractivity contribution in [1.82, 2.24) is 5.32 Å². The van der Waals surface area contributed by atoms with Gasteiger partial charge in [-0.25, -0.2) is 8.78 Å². The molecule has 18 heavy (non-hydrogen) atoms. The number of halogens is 3. The summed E-state index contributed by atoms with van der Waals surface area (Å²) in [5.41, 5.74) is 0.109. The maximum absolute atomic E-state index is 13.8. The van der Waals surface area contributed by atoms with Crippen LogP contribution in [0.15, 0.2) is 16.6 Å². The number of rotatable bonds is 4. The van der Waals surface area contributed by atoms with E-state index in [4.69, 9.17) is 0 Å². The van der Waals surface area contributed by atoms with E-state index in [-0.39, 0.29) is 5.69 Å². The highest BCUT2D eigenvalue weighted by Gasteiger charge is 2.26. The number of hydrogen-bond acceptors (Lipinski definition) is 2. The quantitative estimate of drug-likeness (QED) is 0.917. The van der Waals surface area contributed by atoms with Crippen molar-refractivity contribution in [1.29, 1.82) is 0 Å². The molecule has 0 aromatic heterocycles. The molecule has 100 valence electrons. The molecule has 0 spiro atoms. The van der Waals surface area contributed by atoms with Crippen molar-refractivity contribution in [3.8, 4) is 0 Å². The van der Waals surface area contributed by atoms with Crippen molar-refractivity contribution >= 4 is 21.6 Å². The summed E-state index contributed by atoms with van der Waals surface area (Å²) in [6.45, 7) is 5.32.